The average Bonchev–Trinajstić information content (AvgIpc) is 3.60. The molecule has 39 heavy (non-hydrogen) atoms. The summed E-state index contributed by atoms with van der Waals surface area (Å²) in [7, 11) is 0. The van der Waals surface area contributed by atoms with Crippen LogP contribution in [-0.4, -0.2) is 61.2 Å². The second-order valence-electron chi connectivity index (χ2n) is 9.72. The Morgan fingerprint density at radius 2 is 2.15 bits per heavy atom. The molecule has 1 saturated heterocycles. The van der Waals surface area contributed by atoms with E-state index in [1.54, 1.807) is 12.4 Å². The molecule has 1 aromatic carbocycles. The highest BCUT2D eigenvalue weighted by Gasteiger charge is 2.20. The largest absolute Gasteiger partial charge is 0.351 e. The molecule has 0 spiro atoms. The molecule has 1 aliphatic rings. The molecule has 1 N–H and O–H groups in total. The SMILES string of the molecule is Cc1ccc(Cl)cc1-n1c(SCc2nc(C(=O)NCCCN3CCCCC3C)cs2)nnc1-c1cccnc1. The molecule has 0 saturated carbocycles. The second-order valence-corrected chi connectivity index (χ2v) is 12.0. The highest BCUT2D eigenvalue weighted by atomic mass is 35.5. The molecule has 0 aliphatic carbocycles. The van der Waals surface area contributed by atoms with Crippen LogP contribution in [0.3, 0.4) is 0 Å². The first-order chi connectivity index (χ1) is 19.0. The number of carbonyl (C=O) groups is 1. The van der Waals surface area contributed by atoms with Gasteiger partial charge in [-0.25, -0.2) is 4.98 Å². The summed E-state index contributed by atoms with van der Waals surface area (Å²) in [4.78, 5) is 24.0. The van der Waals surface area contributed by atoms with Crippen LogP contribution in [0, 0.1) is 6.92 Å². The predicted molar refractivity (Wildman–Crippen MR) is 158 cm³/mol. The molecule has 0 bridgehead atoms. The maximum absolute atomic E-state index is 12.7. The van der Waals surface area contributed by atoms with E-state index >= 15 is 0 Å². The number of carbonyl (C=O) groups excluding carboxylic acids is 1. The summed E-state index contributed by atoms with van der Waals surface area (Å²) >= 11 is 9.36. The van der Waals surface area contributed by atoms with E-state index in [1.165, 1.54) is 42.4 Å². The zero-order chi connectivity index (χ0) is 27.2. The van der Waals surface area contributed by atoms with Crippen molar-refractivity contribution >= 4 is 40.6 Å². The van der Waals surface area contributed by atoms with Gasteiger partial charge in [-0.1, -0.05) is 35.9 Å². The third-order valence-electron chi connectivity index (χ3n) is 6.92. The Labute approximate surface area is 242 Å². The van der Waals surface area contributed by atoms with Crippen molar-refractivity contribution in [1.82, 2.24) is 34.9 Å². The van der Waals surface area contributed by atoms with E-state index in [4.69, 9.17) is 11.6 Å². The van der Waals surface area contributed by atoms with Crippen LogP contribution in [-0.2, 0) is 5.75 Å². The van der Waals surface area contributed by atoms with E-state index in [9.17, 15) is 4.79 Å². The first-order valence-corrected chi connectivity index (χ1v) is 15.5. The molecule has 0 radical (unpaired) electrons. The number of aryl methyl sites for hydroxylation is 1. The monoisotopic (exact) mass is 581 g/mol. The van der Waals surface area contributed by atoms with E-state index in [-0.39, 0.29) is 5.91 Å². The van der Waals surface area contributed by atoms with Crippen molar-refractivity contribution in [1.29, 1.82) is 0 Å². The number of nitrogens with one attached hydrogen (secondary N) is 1. The number of hydrogen-bond donors (Lipinski definition) is 1. The van der Waals surface area contributed by atoms with Gasteiger partial charge in [-0.2, -0.15) is 0 Å². The summed E-state index contributed by atoms with van der Waals surface area (Å²) in [5, 5.41) is 16.0. The van der Waals surface area contributed by atoms with Gasteiger partial charge in [-0.3, -0.25) is 14.3 Å². The number of pyridine rings is 1. The van der Waals surface area contributed by atoms with Crippen molar-refractivity contribution in [3.8, 4) is 17.1 Å². The first kappa shape index (κ1) is 27.8. The Morgan fingerprint density at radius 1 is 1.26 bits per heavy atom. The highest BCUT2D eigenvalue weighted by molar-refractivity contribution is 7.98. The van der Waals surface area contributed by atoms with E-state index in [1.807, 2.05) is 47.2 Å². The molecule has 4 heterocycles. The minimum Gasteiger partial charge on any atom is -0.351 e. The number of thiazole rings is 1. The standard InChI is InChI=1S/C28H32ClN7OS2/c1-19-9-10-22(29)15-24(19)36-26(21-8-5-11-30-16-21)33-34-28(36)39-18-25-32-23(17-38-25)27(37)31-12-6-14-35-13-4-3-7-20(35)2/h5,8-11,15-17,20H,3-4,6-7,12-14,18H2,1-2H3,(H,31,37). The molecule has 1 amide bonds. The van der Waals surface area contributed by atoms with Crippen molar-refractivity contribution in [2.24, 2.45) is 0 Å². The Morgan fingerprint density at radius 3 is 2.97 bits per heavy atom. The van der Waals surface area contributed by atoms with Gasteiger partial charge in [-0.15, -0.1) is 21.5 Å². The van der Waals surface area contributed by atoms with Gasteiger partial charge in [0.05, 0.1) is 11.4 Å². The lowest BCUT2D eigenvalue weighted by Crippen LogP contribution is -2.39. The minimum absolute atomic E-state index is 0.120. The smallest absolute Gasteiger partial charge is 0.270 e. The summed E-state index contributed by atoms with van der Waals surface area (Å²) in [6.45, 7) is 7.17. The lowest BCUT2D eigenvalue weighted by molar-refractivity contribution is 0.0944. The molecule has 8 nitrogen and oxygen atoms in total. The first-order valence-electron chi connectivity index (χ1n) is 13.2. The molecule has 204 valence electrons. The fraction of sp³-hybridized carbons (Fsp3) is 0.393. The number of piperidine rings is 1. The summed E-state index contributed by atoms with van der Waals surface area (Å²) < 4.78 is 2.01. The molecule has 1 unspecified atom stereocenters. The van der Waals surface area contributed by atoms with Crippen LogP contribution in [0.2, 0.25) is 5.02 Å². The van der Waals surface area contributed by atoms with Crippen molar-refractivity contribution in [3.05, 3.63) is 69.4 Å². The molecule has 1 fully saturated rings. The van der Waals surface area contributed by atoms with Crippen LogP contribution in [0.1, 0.15) is 53.7 Å². The van der Waals surface area contributed by atoms with Crippen molar-refractivity contribution in [2.45, 2.75) is 56.5 Å². The maximum Gasteiger partial charge on any atom is 0.270 e. The Balaban J connectivity index is 1.23. The van der Waals surface area contributed by atoms with Crippen LogP contribution < -0.4 is 5.32 Å². The zero-order valence-electron chi connectivity index (χ0n) is 22.1. The van der Waals surface area contributed by atoms with Crippen LogP contribution >= 0.6 is 34.7 Å². The van der Waals surface area contributed by atoms with Crippen molar-refractivity contribution in [2.75, 3.05) is 19.6 Å². The number of amides is 1. The van der Waals surface area contributed by atoms with Crippen LogP contribution in [0.5, 0.6) is 0 Å². The third kappa shape index (κ3) is 6.87. The molecule has 3 aromatic heterocycles. The number of nitrogens with zero attached hydrogens (tertiary/aromatic N) is 6. The maximum atomic E-state index is 12.7. The van der Waals surface area contributed by atoms with Gasteiger partial charge in [0.25, 0.3) is 5.91 Å². The summed E-state index contributed by atoms with van der Waals surface area (Å²) in [6.07, 6.45) is 8.31. The molecular formula is C28H32ClN7OS2. The summed E-state index contributed by atoms with van der Waals surface area (Å²) in [5.74, 6) is 1.13. The normalized spacial score (nSPS) is 15.9. The van der Waals surface area contributed by atoms with Crippen LogP contribution in [0.4, 0.5) is 0 Å². The van der Waals surface area contributed by atoms with Gasteiger partial charge in [0.1, 0.15) is 10.7 Å². The van der Waals surface area contributed by atoms with Gasteiger partial charge >= 0.3 is 0 Å². The summed E-state index contributed by atoms with van der Waals surface area (Å²) in [5.41, 5.74) is 3.28. The predicted octanol–water partition coefficient (Wildman–Crippen LogP) is 6.03. The average molecular weight is 582 g/mol. The van der Waals surface area contributed by atoms with Gasteiger partial charge in [-0.05, 0) is 69.5 Å². The van der Waals surface area contributed by atoms with Gasteiger partial charge in [0.15, 0.2) is 11.0 Å². The lowest BCUT2D eigenvalue weighted by Gasteiger charge is -2.33. The van der Waals surface area contributed by atoms with E-state index in [0.29, 0.717) is 40.0 Å². The highest BCUT2D eigenvalue weighted by Crippen LogP contribution is 2.32. The molecule has 4 aromatic rings. The number of hydrogen-bond acceptors (Lipinski definition) is 8. The quantitative estimate of drug-likeness (QED) is 0.180. The van der Waals surface area contributed by atoms with Gasteiger partial charge in [0.2, 0.25) is 0 Å². The van der Waals surface area contributed by atoms with Crippen molar-refractivity contribution < 1.29 is 4.79 Å². The Bertz CT molecular complexity index is 1410. The van der Waals surface area contributed by atoms with E-state index < -0.39 is 0 Å². The number of aromatic nitrogens is 5. The van der Waals surface area contributed by atoms with Crippen LogP contribution in [0.25, 0.3) is 17.1 Å². The molecular weight excluding hydrogens is 550 g/mol. The number of benzene rings is 1. The number of halogens is 1. The number of rotatable bonds is 10. The van der Waals surface area contributed by atoms with Crippen LogP contribution in [0.15, 0.2) is 53.3 Å². The number of thioether (sulfide) groups is 1. The van der Waals surface area contributed by atoms with E-state index in [2.05, 4.69) is 37.3 Å². The van der Waals surface area contributed by atoms with E-state index in [0.717, 1.165) is 41.3 Å². The lowest BCUT2D eigenvalue weighted by atomic mass is 10.0. The Kier molecular flexibility index (Phi) is 9.28. The van der Waals surface area contributed by atoms with Crippen molar-refractivity contribution in [3.63, 3.8) is 0 Å². The molecule has 1 aliphatic heterocycles. The molecule has 5 rings (SSSR count). The summed E-state index contributed by atoms with van der Waals surface area (Å²) in [6, 6.07) is 10.3. The number of likely N-dealkylation sites (tertiary alicyclic amines) is 1. The molecule has 1 atom stereocenters. The second kappa shape index (κ2) is 13.0. The third-order valence-corrected chi connectivity index (χ3v) is 9.13. The minimum atomic E-state index is -0.120. The fourth-order valence-electron chi connectivity index (χ4n) is 4.76. The zero-order valence-corrected chi connectivity index (χ0v) is 24.5. The van der Waals surface area contributed by atoms with Gasteiger partial charge in [0, 0.05) is 47.5 Å². The fourth-order valence-corrected chi connectivity index (χ4v) is 6.66. The Hall–Kier alpha value is -2.79. The molecule has 11 heteroatoms. The topological polar surface area (TPSA) is 88.8 Å². The van der Waals surface area contributed by atoms with Gasteiger partial charge < -0.3 is 10.2 Å².